The van der Waals surface area contributed by atoms with E-state index in [4.69, 9.17) is 4.74 Å². The molecule has 0 aliphatic carbocycles. The number of nitrogens with zero attached hydrogens (tertiary/aromatic N) is 4. The van der Waals surface area contributed by atoms with Crippen LogP contribution in [0.3, 0.4) is 0 Å². The molecule has 0 N–H and O–H groups in total. The van der Waals surface area contributed by atoms with Crippen molar-refractivity contribution in [2.45, 2.75) is 27.0 Å². The molecule has 0 fully saturated rings. The summed E-state index contributed by atoms with van der Waals surface area (Å²) in [7, 11) is 0. The van der Waals surface area contributed by atoms with Crippen LogP contribution in [0.5, 0.6) is 0 Å². The van der Waals surface area contributed by atoms with Gasteiger partial charge in [0.05, 0.1) is 11.1 Å². The monoisotopic (exact) mass is 362 g/mol. The Morgan fingerprint density at radius 1 is 1.11 bits per heavy atom. The van der Waals surface area contributed by atoms with Crippen LogP contribution in [0.15, 0.2) is 53.6 Å². The molecule has 0 aliphatic heterocycles. The van der Waals surface area contributed by atoms with Gasteiger partial charge in [0, 0.05) is 24.3 Å². The number of fused-ring (bicyclic) bond motifs is 2. The van der Waals surface area contributed by atoms with Gasteiger partial charge in [0.2, 0.25) is 0 Å². The highest BCUT2D eigenvalue weighted by Crippen LogP contribution is 2.15. The molecule has 7 nitrogen and oxygen atoms in total. The highest BCUT2D eigenvalue weighted by Gasteiger charge is 2.18. The van der Waals surface area contributed by atoms with Crippen molar-refractivity contribution in [3.05, 3.63) is 76.1 Å². The van der Waals surface area contributed by atoms with Gasteiger partial charge in [-0.05, 0) is 31.5 Å². The van der Waals surface area contributed by atoms with Crippen molar-refractivity contribution in [1.29, 1.82) is 0 Å². The molecule has 0 saturated heterocycles. The summed E-state index contributed by atoms with van der Waals surface area (Å²) < 4.78 is 8.59. The molecule has 3 heterocycles. The fourth-order valence-electron chi connectivity index (χ4n) is 3.03. The first kappa shape index (κ1) is 17.0. The van der Waals surface area contributed by atoms with Crippen LogP contribution in [0, 0.1) is 6.92 Å². The van der Waals surface area contributed by atoms with Crippen LogP contribution in [-0.2, 0) is 17.9 Å². The number of carbonyl (C=O) groups is 1. The van der Waals surface area contributed by atoms with Gasteiger partial charge < -0.3 is 9.14 Å². The zero-order valence-corrected chi connectivity index (χ0v) is 15.0. The minimum atomic E-state index is -0.582. The summed E-state index contributed by atoms with van der Waals surface area (Å²) in [5.41, 5.74) is 2.45. The molecular formula is C20H18N4O3. The number of imidazole rings is 1. The van der Waals surface area contributed by atoms with Crippen LogP contribution in [0.1, 0.15) is 28.7 Å². The van der Waals surface area contributed by atoms with Crippen LogP contribution >= 0.6 is 0 Å². The third-order valence-corrected chi connectivity index (χ3v) is 4.36. The van der Waals surface area contributed by atoms with Gasteiger partial charge in [-0.1, -0.05) is 24.3 Å². The molecular weight excluding hydrogens is 344 g/mol. The largest absolute Gasteiger partial charge is 0.454 e. The number of hydrogen-bond acceptors (Lipinski definition) is 5. The van der Waals surface area contributed by atoms with Gasteiger partial charge in [-0.25, -0.2) is 14.5 Å². The van der Waals surface area contributed by atoms with Gasteiger partial charge in [0.15, 0.2) is 5.69 Å². The molecule has 0 saturated carbocycles. The Kier molecular flexibility index (Phi) is 4.19. The van der Waals surface area contributed by atoms with E-state index in [2.05, 4.69) is 10.1 Å². The van der Waals surface area contributed by atoms with E-state index in [1.54, 1.807) is 31.2 Å². The summed E-state index contributed by atoms with van der Waals surface area (Å²) in [6, 6.07) is 10.8. The van der Waals surface area contributed by atoms with Crippen molar-refractivity contribution in [3.8, 4) is 0 Å². The number of aryl methyl sites for hydroxylation is 2. The molecule has 0 aliphatic rings. The van der Waals surface area contributed by atoms with Crippen molar-refractivity contribution >= 4 is 22.4 Å². The number of pyridine rings is 1. The van der Waals surface area contributed by atoms with Crippen LogP contribution < -0.4 is 5.56 Å². The molecule has 0 spiro atoms. The second-order valence-electron chi connectivity index (χ2n) is 6.30. The Morgan fingerprint density at radius 2 is 1.89 bits per heavy atom. The fraction of sp³-hybridized carbons (Fsp3) is 0.200. The van der Waals surface area contributed by atoms with Crippen molar-refractivity contribution in [2.75, 3.05) is 0 Å². The highest BCUT2D eigenvalue weighted by atomic mass is 16.5. The van der Waals surface area contributed by atoms with E-state index in [1.165, 1.54) is 4.68 Å². The third-order valence-electron chi connectivity index (χ3n) is 4.36. The number of carbonyl (C=O) groups excluding carboxylic acids is 1. The number of ether oxygens (including phenoxy) is 1. The lowest BCUT2D eigenvalue weighted by Crippen LogP contribution is -2.25. The minimum Gasteiger partial charge on any atom is -0.454 e. The molecule has 0 bridgehead atoms. The molecule has 0 atom stereocenters. The zero-order valence-electron chi connectivity index (χ0n) is 15.0. The predicted molar refractivity (Wildman–Crippen MR) is 101 cm³/mol. The average molecular weight is 362 g/mol. The second kappa shape index (κ2) is 6.68. The van der Waals surface area contributed by atoms with E-state index >= 15 is 0 Å². The molecule has 27 heavy (non-hydrogen) atoms. The highest BCUT2D eigenvalue weighted by molar-refractivity contribution is 6.02. The topological polar surface area (TPSA) is 78.5 Å². The smallest absolute Gasteiger partial charge is 0.359 e. The molecule has 136 valence electrons. The molecule has 0 radical (unpaired) electrons. The molecule has 0 unspecified atom stereocenters. The van der Waals surface area contributed by atoms with Crippen molar-refractivity contribution in [3.63, 3.8) is 0 Å². The van der Waals surface area contributed by atoms with Gasteiger partial charge in [-0.2, -0.15) is 5.10 Å². The van der Waals surface area contributed by atoms with Crippen LogP contribution in [0.2, 0.25) is 0 Å². The predicted octanol–water partition coefficient (Wildman–Crippen LogP) is 2.73. The molecule has 4 aromatic rings. The summed E-state index contributed by atoms with van der Waals surface area (Å²) >= 11 is 0. The van der Waals surface area contributed by atoms with Crippen LogP contribution in [-0.4, -0.2) is 25.1 Å². The fourth-order valence-corrected chi connectivity index (χ4v) is 3.03. The number of esters is 1. The minimum absolute atomic E-state index is 0.0286. The SMILES string of the molecule is CCn1nc(C(=O)OCc2cn3cc(C)ccc3n2)c2ccccc2c1=O. The summed E-state index contributed by atoms with van der Waals surface area (Å²) in [4.78, 5) is 29.5. The third kappa shape index (κ3) is 3.08. The van der Waals surface area contributed by atoms with Crippen LogP contribution in [0.25, 0.3) is 16.4 Å². The van der Waals surface area contributed by atoms with E-state index in [1.807, 2.05) is 35.9 Å². The van der Waals surface area contributed by atoms with Gasteiger partial charge in [0.1, 0.15) is 12.3 Å². The maximum absolute atomic E-state index is 12.6. The first-order valence-corrected chi connectivity index (χ1v) is 8.68. The average Bonchev–Trinajstić information content (AvgIpc) is 3.08. The van der Waals surface area contributed by atoms with Crippen molar-refractivity contribution in [1.82, 2.24) is 19.2 Å². The summed E-state index contributed by atoms with van der Waals surface area (Å²) in [6.07, 6.45) is 3.79. The molecule has 7 heteroatoms. The van der Waals surface area contributed by atoms with Crippen molar-refractivity contribution < 1.29 is 9.53 Å². The summed E-state index contributed by atoms with van der Waals surface area (Å²) in [5.74, 6) is -0.582. The Labute approximate surface area is 154 Å². The van der Waals surface area contributed by atoms with Gasteiger partial charge in [0.25, 0.3) is 5.56 Å². The standard InChI is InChI=1S/C20H18N4O3/c1-3-24-19(25)16-7-5-4-6-15(16)18(22-24)20(26)27-12-14-11-23-10-13(2)8-9-17(23)21-14/h4-11H,3,12H2,1-2H3. The summed E-state index contributed by atoms with van der Waals surface area (Å²) in [6.45, 7) is 4.20. The second-order valence-corrected chi connectivity index (χ2v) is 6.30. The lowest BCUT2D eigenvalue weighted by molar-refractivity contribution is 0.0461. The number of rotatable bonds is 4. The Morgan fingerprint density at radius 3 is 2.67 bits per heavy atom. The van der Waals surface area contributed by atoms with E-state index in [-0.39, 0.29) is 17.9 Å². The Balaban J connectivity index is 1.64. The van der Waals surface area contributed by atoms with Crippen molar-refractivity contribution in [2.24, 2.45) is 0 Å². The normalized spacial score (nSPS) is 11.2. The quantitative estimate of drug-likeness (QED) is 0.522. The molecule has 1 aromatic carbocycles. The van der Waals surface area contributed by atoms with Gasteiger partial charge in [-0.3, -0.25) is 4.79 Å². The van der Waals surface area contributed by atoms with Crippen LogP contribution in [0.4, 0.5) is 0 Å². The van der Waals surface area contributed by atoms with E-state index in [0.717, 1.165) is 11.2 Å². The zero-order chi connectivity index (χ0) is 19.0. The Hall–Kier alpha value is -3.48. The number of aromatic nitrogens is 4. The molecule has 4 rings (SSSR count). The lowest BCUT2D eigenvalue weighted by Gasteiger charge is -2.09. The van der Waals surface area contributed by atoms with E-state index < -0.39 is 5.97 Å². The maximum Gasteiger partial charge on any atom is 0.359 e. The molecule has 0 amide bonds. The number of benzene rings is 1. The summed E-state index contributed by atoms with van der Waals surface area (Å²) in [5, 5.41) is 5.13. The van der Waals surface area contributed by atoms with E-state index in [9.17, 15) is 9.59 Å². The lowest BCUT2D eigenvalue weighted by atomic mass is 10.1. The first-order chi connectivity index (χ1) is 13.1. The van der Waals surface area contributed by atoms with Gasteiger partial charge >= 0.3 is 5.97 Å². The number of hydrogen-bond donors (Lipinski definition) is 0. The van der Waals surface area contributed by atoms with E-state index in [0.29, 0.717) is 23.0 Å². The molecule has 3 aromatic heterocycles. The maximum atomic E-state index is 12.6. The Bertz CT molecular complexity index is 1220. The first-order valence-electron chi connectivity index (χ1n) is 8.68. The van der Waals surface area contributed by atoms with Gasteiger partial charge in [-0.15, -0.1) is 0 Å².